The van der Waals surface area contributed by atoms with Crippen molar-refractivity contribution >= 4 is 11.8 Å². The average molecular weight is 392 g/mol. The fraction of sp³-hybridized carbons (Fsp3) is 0.667. The molecule has 0 radical (unpaired) electrons. The number of piperidine rings is 1. The largest absolute Gasteiger partial charge is 0.495 e. The van der Waals surface area contributed by atoms with Crippen LogP contribution < -0.4 is 9.64 Å². The third-order valence-corrected chi connectivity index (χ3v) is 5.41. The zero-order valence-corrected chi connectivity index (χ0v) is 17.4. The van der Waals surface area contributed by atoms with E-state index in [9.17, 15) is 9.90 Å². The van der Waals surface area contributed by atoms with Crippen LogP contribution >= 0.6 is 0 Å². The summed E-state index contributed by atoms with van der Waals surface area (Å²) in [6.45, 7) is 10.0. The van der Waals surface area contributed by atoms with Crippen LogP contribution in [-0.4, -0.2) is 85.1 Å². The summed E-state index contributed by atoms with van der Waals surface area (Å²) in [5.41, 5.74) is 0.596. The van der Waals surface area contributed by atoms with Gasteiger partial charge in [0.1, 0.15) is 11.4 Å². The van der Waals surface area contributed by atoms with Crippen LogP contribution in [0.1, 0.15) is 27.2 Å². The molecule has 2 saturated heterocycles. The van der Waals surface area contributed by atoms with Crippen LogP contribution in [0.2, 0.25) is 0 Å². The lowest BCUT2D eigenvalue weighted by Gasteiger charge is -2.45. The van der Waals surface area contributed by atoms with E-state index in [0.717, 1.165) is 44.0 Å². The highest BCUT2D eigenvalue weighted by Crippen LogP contribution is 2.29. The van der Waals surface area contributed by atoms with Crippen molar-refractivity contribution in [1.82, 2.24) is 9.80 Å². The van der Waals surface area contributed by atoms with Crippen LogP contribution in [0.15, 0.2) is 24.3 Å². The van der Waals surface area contributed by atoms with Crippen molar-refractivity contribution in [3.8, 4) is 5.75 Å². The number of aliphatic hydroxyl groups excluding tert-OH is 1. The third-order valence-electron chi connectivity index (χ3n) is 5.41. The average Bonchev–Trinajstić information content (AvgIpc) is 2.67. The number of carbonyl (C=O) groups excluding carboxylic acids is 1. The van der Waals surface area contributed by atoms with Gasteiger partial charge in [0.15, 0.2) is 0 Å². The molecule has 0 spiro atoms. The molecule has 0 bridgehead atoms. The summed E-state index contributed by atoms with van der Waals surface area (Å²) < 4.78 is 10.9. The van der Waals surface area contributed by atoms with Gasteiger partial charge >= 0.3 is 6.09 Å². The number of amides is 1. The number of benzene rings is 1. The fourth-order valence-electron chi connectivity index (χ4n) is 4.02. The second-order valence-electron chi connectivity index (χ2n) is 8.54. The molecule has 0 aliphatic carbocycles. The Hall–Kier alpha value is -1.99. The first-order valence-electron chi connectivity index (χ1n) is 10.1. The van der Waals surface area contributed by atoms with Crippen molar-refractivity contribution in [2.45, 2.75) is 44.9 Å². The van der Waals surface area contributed by atoms with Crippen molar-refractivity contribution < 1.29 is 19.4 Å². The van der Waals surface area contributed by atoms with E-state index < -0.39 is 11.7 Å². The summed E-state index contributed by atoms with van der Waals surface area (Å²) in [6, 6.07) is 8.16. The molecule has 2 aliphatic heterocycles. The van der Waals surface area contributed by atoms with Gasteiger partial charge < -0.3 is 24.4 Å². The second kappa shape index (κ2) is 8.57. The Balaban J connectivity index is 1.53. The van der Waals surface area contributed by atoms with Gasteiger partial charge in [0.25, 0.3) is 0 Å². The third kappa shape index (κ3) is 4.89. The van der Waals surface area contributed by atoms with Gasteiger partial charge in [-0.3, -0.25) is 4.90 Å². The van der Waals surface area contributed by atoms with Gasteiger partial charge in [-0.25, -0.2) is 4.79 Å². The number of methoxy groups -OCH3 is 1. The van der Waals surface area contributed by atoms with Crippen molar-refractivity contribution in [2.75, 3.05) is 51.3 Å². The molecule has 2 fully saturated rings. The van der Waals surface area contributed by atoms with Crippen molar-refractivity contribution in [2.24, 2.45) is 0 Å². The molecule has 1 aromatic carbocycles. The lowest BCUT2D eigenvalue weighted by Crippen LogP contribution is -2.59. The first-order valence-corrected chi connectivity index (χ1v) is 10.1. The minimum absolute atomic E-state index is 0.0819. The van der Waals surface area contributed by atoms with Gasteiger partial charge in [0, 0.05) is 38.8 Å². The number of hydrogen-bond donors (Lipinski definition) is 1. The molecular formula is C21H33N3O4. The maximum atomic E-state index is 12.3. The smallest absolute Gasteiger partial charge is 0.410 e. The predicted molar refractivity (Wildman–Crippen MR) is 109 cm³/mol. The van der Waals surface area contributed by atoms with Gasteiger partial charge in [-0.2, -0.15) is 0 Å². The van der Waals surface area contributed by atoms with Crippen LogP contribution in [0.5, 0.6) is 5.75 Å². The van der Waals surface area contributed by atoms with E-state index in [4.69, 9.17) is 9.47 Å². The molecular weight excluding hydrogens is 358 g/mol. The SMILES string of the molecule is COc1ccccc1N1CCN(C2CCN(C(=O)OC(C)(C)C)CC2O)CC1. The lowest BCUT2D eigenvalue weighted by molar-refractivity contribution is -0.0303. The highest BCUT2D eigenvalue weighted by molar-refractivity contribution is 5.68. The lowest BCUT2D eigenvalue weighted by atomic mass is 9.99. The Kier molecular flexibility index (Phi) is 6.35. The number of ether oxygens (including phenoxy) is 2. The second-order valence-corrected chi connectivity index (χ2v) is 8.54. The molecule has 7 nitrogen and oxygen atoms in total. The topological polar surface area (TPSA) is 65.5 Å². The van der Waals surface area contributed by atoms with E-state index in [1.54, 1.807) is 12.0 Å². The molecule has 1 aromatic rings. The first kappa shape index (κ1) is 20.7. The molecule has 2 atom stereocenters. The maximum Gasteiger partial charge on any atom is 0.410 e. The maximum absolute atomic E-state index is 12.3. The molecule has 2 heterocycles. The predicted octanol–water partition coefficient (Wildman–Crippen LogP) is 2.19. The Labute approximate surface area is 167 Å². The van der Waals surface area contributed by atoms with E-state index in [1.165, 1.54) is 0 Å². The number of para-hydroxylation sites is 2. The van der Waals surface area contributed by atoms with Crippen LogP contribution in [0.4, 0.5) is 10.5 Å². The monoisotopic (exact) mass is 391 g/mol. The normalized spacial score (nSPS) is 24.2. The highest BCUT2D eigenvalue weighted by atomic mass is 16.6. The summed E-state index contributed by atoms with van der Waals surface area (Å²) in [7, 11) is 1.70. The van der Waals surface area contributed by atoms with E-state index in [2.05, 4.69) is 15.9 Å². The minimum Gasteiger partial charge on any atom is -0.495 e. The Morgan fingerprint density at radius 2 is 1.79 bits per heavy atom. The highest BCUT2D eigenvalue weighted by Gasteiger charge is 2.36. The molecule has 156 valence electrons. The molecule has 1 N–H and O–H groups in total. The minimum atomic E-state index is -0.556. The molecule has 2 unspecified atom stereocenters. The van der Waals surface area contributed by atoms with Crippen LogP contribution in [0, 0.1) is 0 Å². The quantitative estimate of drug-likeness (QED) is 0.852. The molecule has 2 aliphatic rings. The van der Waals surface area contributed by atoms with Gasteiger partial charge in [-0.15, -0.1) is 0 Å². The van der Waals surface area contributed by atoms with E-state index in [1.807, 2.05) is 39.0 Å². The van der Waals surface area contributed by atoms with E-state index in [0.29, 0.717) is 13.1 Å². The number of anilines is 1. The summed E-state index contributed by atoms with van der Waals surface area (Å²) in [4.78, 5) is 18.6. The molecule has 28 heavy (non-hydrogen) atoms. The van der Waals surface area contributed by atoms with Crippen LogP contribution in [-0.2, 0) is 4.74 Å². The Morgan fingerprint density at radius 1 is 1.11 bits per heavy atom. The van der Waals surface area contributed by atoms with Crippen LogP contribution in [0.25, 0.3) is 0 Å². The summed E-state index contributed by atoms with van der Waals surface area (Å²) in [5, 5.41) is 10.7. The Bertz CT molecular complexity index is 668. The molecule has 3 rings (SSSR count). The zero-order chi connectivity index (χ0) is 20.3. The van der Waals surface area contributed by atoms with E-state index in [-0.39, 0.29) is 12.1 Å². The molecule has 1 amide bonds. The van der Waals surface area contributed by atoms with Crippen molar-refractivity contribution in [3.05, 3.63) is 24.3 Å². The number of piperazine rings is 1. The standard InChI is InChI=1S/C21H33N3O4/c1-21(2,3)28-20(26)24-10-9-16(18(25)15-24)22-11-13-23(14-12-22)17-7-5-6-8-19(17)27-4/h5-8,16,18,25H,9-15H2,1-4H3. The van der Waals surface area contributed by atoms with E-state index >= 15 is 0 Å². The van der Waals surface area contributed by atoms with Gasteiger partial charge in [-0.05, 0) is 39.3 Å². The summed E-state index contributed by atoms with van der Waals surface area (Å²) in [6.07, 6.45) is -0.139. The first-order chi connectivity index (χ1) is 13.3. The van der Waals surface area contributed by atoms with Gasteiger partial charge in [0.05, 0.1) is 25.4 Å². The number of rotatable bonds is 3. The molecule has 0 aromatic heterocycles. The summed E-state index contributed by atoms with van der Waals surface area (Å²) >= 11 is 0. The van der Waals surface area contributed by atoms with Crippen molar-refractivity contribution in [3.63, 3.8) is 0 Å². The number of nitrogens with zero attached hydrogens (tertiary/aromatic N) is 3. The van der Waals surface area contributed by atoms with Gasteiger partial charge in [-0.1, -0.05) is 12.1 Å². The number of aliphatic hydroxyl groups is 1. The fourth-order valence-corrected chi connectivity index (χ4v) is 4.02. The summed E-state index contributed by atoms with van der Waals surface area (Å²) in [5.74, 6) is 0.890. The zero-order valence-electron chi connectivity index (χ0n) is 17.4. The number of likely N-dealkylation sites (tertiary alicyclic amines) is 1. The Morgan fingerprint density at radius 3 is 2.39 bits per heavy atom. The van der Waals surface area contributed by atoms with Gasteiger partial charge in [0.2, 0.25) is 0 Å². The number of carbonyl (C=O) groups is 1. The van der Waals surface area contributed by atoms with Crippen molar-refractivity contribution in [1.29, 1.82) is 0 Å². The number of hydrogen-bond acceptors (Lipinski definition) is 6. The molecule has 0 saturated carbocycles. The van der Waals surface area contributed by atoms with Crippen LogP contribution in [0.3, 0.4) is 0 Å². The number of β-amino-alcohol motifs (C(OH)–C–C–N with tert-alkyl or cyclic N) is 1. The molecule has 7 heteroatoms.